The van der Waals surface area contributed by atoms with E-state index in [1.165, 1.54) is 0 Å². The zero-order valence-electron chi connectivity index (χ0n) is 11.2. The molecular formula is C14H19BrN2O2. The van der Waals surface area contributed by atoms with E-state index in [9.17, 15) is 4.79 Å². The molecule has 1 fully saturated rings. The van der Waals surface area contributed by atoms with Gasteiger partial charge in [-0.15, -0.1) is 0 Å². The number of benzene rings is 1. The van der Waals surface area contributed by atoms with E-state index in [0.717, 1.165) is 16.7 Å². The molecule has 1 heterocycles. The summed E-state index contributed by atoms with van der Waals surface area (Å²) in [7, 11) is 1.94. The minimum absolute atomic E-state index is 0.0311. The third-order valence-electron chi connectivity index (χ3n) is 3.55. The summed E-state index contributed by atoms with van der Waals surface area (Å²) in [6.45, 7) is 2.89. The maximum absolute atomic E-state index is 12.6. The van der Waals surface area contributed by atoms with E-state index in [1.54, 1.807) is 0 Å². The van der Waals surface area contributed by atoms with Gasteiger partial charge < -0.3 is 10.0 Å². The van der Waals surface area contributed by atoms with Gasteiger partial charge in [0.25, 0.3) is 0 Å². The molecule has 104 valence electrons. The number of halogens is 1. The summed E-state index contributed by atoms with van der Waals surface area (Å²) < 4.78 is 0.998. The van der Waals surface area contributed by atoms with Crippen LogP contribution in [0.3, 0.4) is 0 Å². The fraction of sp³-hybridized carbons (Fsp3) is 0.500. The lowest BCUT2D eigenvalue weighted by Gasteiger charge is -2.43. The van der Waals surface area contributed by atoms with Crippen LogP contribution in [0.2, 0.25) is 0 Å². The molecule has 1 saturated heterocycles. The first kappa shape index (κ1) is 14.5. The second-order valence-corrected chi connectivity index (χ2v) is 5.92. The van der Waals surface area contributed by atoms with Crippen molar-refractivity contribution < 1.29 is 9.90 Å². The molecule has 1 aliphatic heterocycles. The highest BCUT2D eigenvalue weighted by Crippen LogP contribution is 2.26. The Morgan fingerprint density at radius 3 is 2.58 bits per heavy atom. The van der Waals surface area contributed by atoms with Crippen LogP contribution in [0, 0.1) is 0 Å². The van der Waals surface area contributed by atoms with Crippen LogP contribution in [0.5, 0.6) is 0 Å². The zero-order valence-corrected chi connectivity index (χ0v) is 12.8. The molecule has 2 atom stereocenters. The van der Waals surface area contributed by atoms with Gasteiger partial charge in [-0.2, -0.15) is 0 Å². The molecule has 0 aliphatic carbocycles. The van der Waals surface area contributed by atoms with Crippen LogP contribution in [-0.4, -0.2) is 48.2 Å². The first-order valence-electron chi connectivity index (χ1n) is 6.44. The van der Waals surface area contributed by atoms with E-state index in [4.69, 9.17) is 5.11 Å². The highest BCUT2D eigenvalue weighted by Gasteiger charge is 2.36. The molecule has 19 heavy (non-hydrogen) atoms. The maximum atomic E-state index is 12.6. The van der Waals surface area contributed by atoms with E-state index in [0.29, 0.717) is 6.42 Å². The summed E-state index contributed by atoms with van der Waals surface area (Å²) in [6, 6.07) is 7.67. The monoisotopic (exact) mass is 326 g/mol. The summed E-state index contributed by atoms with van der Waals surface area (Å²) >= 11 is 3.40. The molecule has 0 spiro atoms. The molecule has 5 heteroatoms. The van der Waals surface area contributed by atoms with Crippen molar-refractivity contribution in [3.05, 3.63) is 28.7 Å². The predicted molar refractivity (Wildman–Crippen MR) is 79.2 cm³/mol. The molecule has 0 radical (unpaired) electrons. The van der Waals surface area contributed by atoms with Gasteiger partial charge in [0.1, 0.15) is 0 Å². The Morgan fingerprint density at radius 2 is 2.00 bits per heavy atom. The van der Waals surface area contributed by atoms with Gasteiger partial charge in [0.15, 0.2) is 0 Å². The number of piperazine rings is 1. The molecule has 1 aromatic carbocycles. The molecule has 1 aliphatic rings. The summed E-state index contributed by atoms with van der Waals surface area (Å²) in [5, 5.41) is 9.11. The number of nitrogens with zero attached hydrogens (tertiary/aromatic N) is 2. The van der Waals surface area contributed by atoms with Crippen molar-refractivity contribution in [1.82, 2.24) is 4.90 Å². The minimum Gasteiger partial charge on any atom is -0.396 e. The average molecular weight is 327 g/mol. The number of hydrogen-bond acceptors (Lipinski definition) is 3. The fourth-order valence-electron chi connectivity index (χ4n) is 2.64. The molecule has 1 N–H and O–H groups in total. The molecular weight excluding hydrogens is 308 g/mol. The third kappa shape index (κ3) is 2.99. The molecule has 1 amide bonds. The Bertz CT molecular complexity index is 449. The van der Waals surface area contributed by atoms with Crippen molar-refractivity contribution in [1.29, 1.82) is 0 Å². The van der Waals surface area contributed by atoms with Gasteiger partial charge in [-0.05, 0) is 44.7 Å². The smallest absolute Gasteiger partial charge is 0.244 e. The molecule has 2 unspecified atom stereocenters. The standard InChI is InChI=1S/C14H19BrN2O2/c1-10-9-16(2)13(7-8-18)14(19)17(10)12-5-3-11(15)4-6-12/h3-6,10,13,18H,7-9H2,1-2H3. The van der Waals surface area contributed by atoms with Gasteiger partial charge in [-0.1, -0.05) is 15.9 Å². The van der Waals surface area contributed by atoms with Gasteiger partial charge in [0.05, 0.1) is 6.04 Å². The van der Waals surface area contributed by atoms with Crippen LogP contribution < -0.4 is 4.90 Å². The summed E-state index contributed by atoms with van der Waals surface area (Å²) in [5.74, 6) is 0.0672. The number of hydrogen-bond donors (Lipinski definition) is 1. The molecule has 0 bridgehead atoms. The first-order chi connectivity index (χ1) is 9.04. The Labute approximate surface area is 122 Å². The SMILES string of the molecule is CC1CN(C)C(CCO)C(=O)N1c1ccc(Br)cc1. The normalized spacial score (nSPS) is 24.8. The largest absolute Gasteiger partial charge is 0.396 e. The minimum atomic E-state index is -0.232. The van der Waals surface area contributed by atoms with Crippen molar-refractivity contribution in [3.63, 3.8) is 0 Å². The van der Waals surface area contributed by atoms with Gasteiger partial charge in [0.2, 0.25) is 5.91 Å². The zero-order chi connectivity index (χ0) is 14.0. The number of rotatable bonds is 3. The summed E-state index contributed by atoms with van der Waals surface area (Å²) in [5.41, 5.74) is 0.914. The lowest BCUT2D eigenvalue weighted by molar-refractivity contribution is -0.126. The van der Waals surface area contributed by atoms with Crippen molar-refractivity contribution in [2.45, 2.75) is 25.4 Å². The summed E-state index contributed by atoms with van der Waals surface area (Å²) in [4.78, 5) is 16.4. The first-order valence-corrected chi connectivity index (χ1v) is 7.23. The third-order valence-corrected chi connectivity index (χ3v) is 4.08. The molecule has 0 saturated carbocycles. The van der Waals surface area contributed by atoms with Crippen molar-refractivity contribution in [3.8, 4) is 0 Å². The number of amides is 1. The van der Waals surface area contributed by atoms with Crippen LogP contribution in [0.4, 0.5) is 5.69 Å². The van der Waals surface area contributed by atoms with Gasteiger partial charge in [-0.25, -0.2) is 0 Å². The van der Waals surface area contributed by atoms with E-state index < -0.39 is 0 Å². The van der Waals surface area contributed by atoms with Crippen molar-refractivity contribution in [2.75, 3.05) is 25.1 Å². The average Bonchev–Trinajstić information content (AvgIpc) is 2.36. The molecule has 1 aromatic rings. The number of likely N-dealkylation sites (N-methyl/N-ethyl adjacent to an activating group) is 1. The molecule has 2 rings (SSSR count). The highest BCUT2D eigenvalue weighted by atomic mass is 79.9. The van der Waals surface area contributed by atoms with E-state index in [-0.39, 0.29) is 24.6 Å². The van der Waals surface area contributed by atoms with Crippen LogP contribution in [0.15, 0.2) is 28.7 Å². The number of carbonyl (C=O) groups excluding carboxylic acids is 1. The predicted octanol–water partition coefficient (Wildman–Crippen LogP) is 1.87. The van der Waals surface area contributed by atoms with E-state index >= 15 is 0 Å². The van der Waals surface area contributed by atoms with Gasteiger partial charge in [0, 0.05) is 29.4 Å². The molecule has 0 aromatic heterocycles. The second-order valence-electron chi connectivity index (χ2n) is 5.00. The van der Waals surface area contributed by atoms with Gasteiger partial charge in [-0.3, -0.25) is 9.69 Å². The quantitative estimate of drug-likeness (QED) is 0.922. The lowest BCUT2D eigenvalue weighted by atomic mass is 10.0. The lowest BCUT2D eigenvalue weighted by Crippen LogP contribution is -2.60. The second kappa shape index (κ2) is 6.03. The van der Waals surface area contributed by atoms with E-state index in [1.807, 2.05) is 48.0 Å². The Morgan fingerprint density at radius 1 is 1.37 bits per heavy atom. The van der Waals surface area contributed by atoms with E-state index in [2.05, 4.69) is 15.9 Å². The van der Waals surface area contributed by atoms with Crippen LogP contribution >= 0.6 is 15.9 Å². The van der Waals surface area contributed by atoms with Crippen LogP contribution in [-0.2, 0) is 4.79 Å². The Kier molecular flexibility index (Phi) is 4.60. The number of aliphatic hydroxyl groups is 1. The topological polar surface area (TPSA) is 43.8 Å². The summed E-state index contributed by atoms with van der Waals surface area (Å²) in [6.07, 6.45) is 0.481. The van der Waals surface area contributed by atoms with Gasteiger partial charge >= 0.3 is 0 Å². The number of aliphatic hydroxyl groups excluding tert-OH is 1. The van der Waals surface area contributed by atoms with Crippen molar-refractivity contribution in [2.24, 2.45) is 0 Å². The molecule has 4 nitrogen and oxygen atoms in total. The van der Waals surface area contributed by atoms with Crippen molar-refractivity contribution >= 4 is 27.5 Å². The van der Waals surface area contributed by atoms with Crippen LogP contribution in [0.1, 0.15) is 13.3 Å². The maximum Gasteiger partial charge on any atom is 0.244 e. The Balaban J connectivity index is 2.27. The van der Waals surface area contributed by atoms with Crippen LogP contribution in [0.25, 0.3) is 0 Å². The highest BCUT2D eigenvalue weighted by molar-refractivity contribution is 9.10. The Hall–Kier alpha value is -0.910. The number of anilines is 1. The fourth-order valence-corrected chi connectivity index (χ4v) is 2.91. The number of carbonyl (C=O) groups is 1.